The summed E-state index contributed by atoms with van der Waals surface area (Å²) in [5.74, 6) is 1.03. The molecule has 0 bridgehead atoms. The minimum absolute atomic E-state index is 0.453. The molecular formula is C18H19N5O. The van der Waals surface area contributed by atoms with Crippen LogP contribution in [0.3, 0.4) is 0 Å². The standard InChI is InChI=1S/C18H19N5O/c1-18(2,24)23-17-11-5-9-15(22-17)13-7-3-6-12(20-13)14-8-4-10-16(19)21-14/h3-11,24H,1-2H3,(H2,19,21)(H,22,23). The fourth-order valence-electron chi connectivity index (χ4n) is 2.27. The molecule has 3 heterocycles. The Morgan fingerprint density at radius 1 is 0.792 bits per heavy atom. The molecule has 0 aromatic carbocycles. The molecule has 6 heteroatoms. The van der Waals surface area contributed by atoms with E-state index in [1.807, 2.05) is 42.5 Å². The van der Waals surface area contributed by atoms with Crippen LogP contribution in [0.15, 0.2) is 54.6 Å². The van der Waals surface area contributed by atoms with E-state index in [0.29, 0.717) is 23.0 Å². The zero-order chi connectivity index (χ0) is 17.2. The van der Waals surface area contributed by atoms with Crippen molar-refractivity contribution in [2.24, 2.45) is 0 Å². The van der Waals surface area contributed by atoms with Gasteiger partial charge in [-0.1, -0.05) is 18.2 Å². The highest BCUT2D eigenvalue weighted by atomic mass is 16.3. The van der Waals surface area contributed by atoms with Gasteiger partial charge >= 0.3 is 0 Å². The number of nitrogens with two attached hydrogens (primary N) is 1. The number of nitrogens with zero attached hydrogens (tertiary/aromatic N) is 3. The van der Waals surface area contributed by atoms with E-state index in [1.165, 1.54) is 0 Å². The van der Waals surface area contributed by atoms with Crippen LogP contribution in [0, 0.1) is 0 Å². The third-order valence-electron chi connectivity index (χ3n) is 3.23. The smallest absolute Gasteiger partial charge is 0.130 e. The molecule has 0 radical (unpaired) electrons. The predicted molar refractivity (Wildman–Crippen MR) is 95.0 cm³/mol. The van der Waals surface area contributed by atoms with Crippen LogP contribution in [0.25, 0.3) is 22.8 Å². The monoisotopic (exact) mass is 321 g/mol. The van der Waals surface area contributed by atoms with Gasteiger partial charge in [0.2, 0.25) is 0 Å². The van der Waals surface area contributed by atoms with Crippen LogP contribution >= 0.6 is 0 Å². The molecule has 0 aliphatic rings. The molecule has 0 atom stereocenters. The summed E-state index contributed by atoms with van der Waals surface area (Å²) in [6.45, 7) is 3.32. The highest BCUT2D eigenvalue weighted by molar-refractivity contribution is 5.63. The molecule has 3 aromatic rings. The summed E-state index contributed by atoms with van der Waals surface area (Å²) in [4.78, 5) is 13.4. The number of rotatable bonds is 4. The first kappa shape index (κ1) is 15.9. The topological polar surface area (TPSA) is 97.0 Å². The van der Waals surface area contributed by atoms with Crippen molar-refractivity contribution in [2.45, 2.75) is 19.6 Å². The number of hydrogen-bond acceptors (Lipinski definition) is 6. The van der Waals surface area contributed by atoms with E-state index in [9.17, 15) is 5.11 Å². The lowest BCUT2D eigenvalue weighted by atomic mass is 10.2. The lowest BCUT2D eigenvalue weighted by molar-refractivity contribution is 0.111. The van der Waals surface area contributed by atoms with Crippen LogP contribution in [-0.2, 0) is 0 Å². The second-order valence-corrected chi connectivity index (χ2v) is 5.95. The Bertz CT molecular complexity index is 858. The Balaban J connectivity index is 1.96. The highest BCUT2D eigenvalue weighted by Crippen LogP contribution is 2.22. The molecule has 0 saturated carbocycles. The van der Waals surface area contributed by atoms with Gasteiger partial charge in [-0.15, -0.1) is 0 Å². The van der Waals surface area contributed by atoms with Crippen LogP contribution in [0.2, 0.25) is 0 Å². The van der Waals surface area contributed by atoms with E-state index >= 15 is 0 Å². The fraction of sp³-hybridized carbons (Fsp3) is 0.167. The Morgan fingerprint density at radius 2 is 1.29 bits per heavy atom. The van der Waals surface area contributed by atoms with Crippen molar-refractivity contribution >= 4 is 11.6 Å². The van der Waals surface area contributed by atoms with Gasteiger partial charge in [0, 0.05) is 0 Å². The number of nitrogens with one attached hydrogen (secondary N) is 1. The molecule has 24 heavy (non-hydrogen) atoms. The fourth-order valence-corrected chi connectivity index (χ4v) is 2.27. The lowest BCUT2D eigenvalue weighted by Crippen LogP contribution is -2.30. The van der Waals surface area contributed by atoms with Gasteiger partial charge in [-0.3, -0.25) is 0 Å². The van der Waals surface area contributed by atoms with Crippen LogP contribution in [0.1, 0.15) is 13.8 Å². The minimum Gasteiger partial charge on any atom is -0.384 e. The second-order valence-electron chi connectivity index (χ2n) is 5.95. The molecule has 0 fully saturated rings. The Morgan fingerprint density at radius 3 is 1.88 bits per heavy atom. The summed E-state index contributed by atoms with van der Waals surface area (Å²) in [5, 5.41) is 12.8. The van der Waals surface area contributed by atoms with Crippen LogP contribution < -0.4 is 11.1 Å². The van der Waals surface area contributed by atoms with Gasteiger partial charge in [-0.2, -0.15) is 0 Å². The maximum Gasteiger partial charge on any atom is 0.130 e. The molecule has 3 rings (SSSR count). The van der Waals surface area contributed by atoms with Gasteiger partial charge in [0.05, 0.1) is 22.8 Å². The van der Waals surface area contributed by atoms with E-state index in [4.69, 9.17) is 5.73 Å². The maximum atomic E-state index is 9.86. The van der Waals surface area contributed by atoms with Crippen molar-refractivity contribution in [3.63, 3.8) is 0 Å². The zero-order valence-corrected chi connectivity index (χ0v) is 13.6. The molecule has 0 aliphatic carbocycles. The Hall–Kier alpha value is -2.99. The molecular weight excluding hydrogens is 302 g/mol. The van der Waals surface area contributed by atoms with Crippen LogP contribution in [0.5, 0.6) is 0 Å². The molecule has 3 aromatic heterocycles. The quantitative estimate of drug-likeness (QED) is 0.639. The summed E-state index contributed by atoms with van der Waals surface area (Å²) in [7, 11) is 0. The van der Waals surface area contributed by atoms with Crippen molar-refractivity contribution in [1.82, 2.24) is 15.0 Å². The summed E-state index contributed by atoms with van der Waals surface area (Å²) in [6, 6.07) is 16.6. The number of hydrogen-bond donors (Lipinski definition) is 3. The van der Waals surface area contributed by atoms with Gasteiger partial charge in [0.1, 0.15) is 17.4 Å². The average molecular weight is 321 g/mol. The zero-order valence-electron chi connectivity index (χ0n) is 13.6. The average Bonchev–Trinajstić information content (AvgIpc) is 2.54. The Labute approximate surface area is 140 Å². The summed E-state index contributed by atoms with van der Waals surface area (Å²) < 4.78 is 0. The third kappa shape index (κ3) is 3.85. The number of pyridine rings is 3. The second kappa shape index (κ2) is 6.25. The van der Waals surface area contributed by atoms with E-state index in [2.05, 4.69) is 20.3 Å². The number of anilines is 2. The first-order valence-corrected chi connectivity index (χ1v) is 7.59. The number of nitrogen functional groups attached to an aromatic ring is 1. The molecule has 0 aliphatic heterocycles. The number of aliphatic hydroxyl groups is 1. The summed E-state index contributed by atoms with van der Waals surface area (Å²) >= 11 is 0. The van der Waals surface area contributed by atoms with E-state index in [1.54, 1.807) is 26.0 Å². The van der Waals surface area contributed by atoms with Crippen molar-refractivity contribution < 1.29 is 5.11 Å². The van der Waals surface area contributed by atoms with Crippen LogP contribution in [0.4, 0.5) is 11.6 Å². The molecule has 4 N–H and O–H groups in total. The molecule has 0 saturated heterocycles. The predicted octanol–water partition coefficient (Wildman–Crippen LogP) is 2.93. The van der Waals surface area contributed by atoms with Gasteiger partial charge < -0.3 is 16.2 Å². The van der Waals surface area contributed by atoms with E-state index < -0.39 is 5.72 Å². The lowest BCUT2D eigenvalue weighted by Gasteiger charge is -2.20. The normalized spacial score (nSPS) is 11.3. The van der Waals surface area contributed by atoms with E-state index in [-0.39, 0.29) is 0 Å². The van der Waals surface area contributed by atoms with Gasteiger partial charge in [-0.25, -0.2) is 15.0 Å². The largest absolute Gasteiger partial charge is 0.384 e. The van der Waals surface area contributed by atoms with Crippen molar-refractivity contribution in [3.8, 4) is 22.8 Å². The molecule has 6 nitrogen and oxygen atoms in total. The van der Waals surface area contributed by atoms with Gasteiger partial charge in [0.15, 0.2) is 0 Å². The van der Waals surface area contributed by atoms with Crippen molar-refractivity contribution in [3.05, 3.63) is 54.6 Å². The SMILES string of the molecule is CC(C)(O)Nc1cccc(-c2cccc(-c3cccc(N)n3)n2)n1. The summed E-state index contributed by atoms with van der Waals surface area (Å²) in [6.07, 6.45) is 0. The van der Waals surface area contributed by atoms with Crippen molar-refractivity contribution in [1.29, 1.82) is 0 Å². The maximum absolute atomic E-state index is 9.86. The minimum atomic E-state index is -1.05. The van der Waals surface area contributed by atoms with E-state index in [0.717, 1.165) is 11.4 Å². The third-order valence-corrected chi connectivity index (χ3v) is 3.23. The molecule has 0 unspecified atom stereocenters. The van der Waals surface area contributed by atoms with Crippen LogP contribution in [-0.4, -0.2) is 25.8 Å². The molecule has 0 amide bonds. The first-order valence-electron chi connectivity index (χ1n) is 7.59. The number of aromatic nitrogens is 3. The summed E-state index contributed by atoms with van der Waals surface area (Å²) in [5.41, 5.74) is 7.55. The van der Waals surface area contributed by atoms with Crippen molar-refractivity contribution in [2.75, 3.05) is 11.1 Å². The van der Waals surface area contributed by atoms with Gasteiger partial charge in [0.25, 0.3) is 0 Å². The first-order chi connectivity index (χ1) is 11.4. The highest BCUT2D eigenvalue weighted by Gasteiger charge is 2.13. The molecule has 0 spiro atoms. The Kier molecular flexibility index (Phi) is 4.14. The van der Waals surface area contributed by atoms with Gasteiger partial charge in [-0.05, 0) is 50.2 Å². The molecule has 122 valence electrons.